The summed E-state index contributed by atoms with van der Waals surface area (Å²) in [6.07, 6.45) is 2.95. The van der Waals surface area contributed by atoms with Crippen molar-refractivity contribution < 1.29 is 0 Å². The Hall–Kier alpha value is -1.68. The molecule has 0 radical (unpaired) electrons. The molecule has 0 saturated heterocycles. The molecule has 0 bridgehead atoms. The zero-order valence-electron chi connectivity index (χ0n) is 10.6. The van der Waals surface area contributed by atoms with Crippen LogP contribution in [0.25, 0.3) is 0 Å². The third kappa shape index (κ3) is 2.76. The van der Waals surface area contributed by atoms with Crippen LogP contribution in [0.4, 0.5) is 11.4 Å². The van der Waals surface area contributed by atoms with Gasteiger partial charge in [-0.25, -0.2) is 0 Å². The number of hydrogen-bond acceptors (Lipinski definition) is 3. The number of nitrogens with one attached hydrogen (secondary N) is 1. The van der Waals surface area contributed by atoms with Crippen molar-refractivity contribution in [3.8, 4) is 0 Å². The van der Waals surface area contributed by atoms with Gasteiger partial charge in [-0.05, 0) is 24.6 Å². The number of nitrogens with two attached hydrogens (primary N) is 1. The van der Waals surface area contributed by atoms with Gasteiger partial charge in [0.15, 0.2) is 0 Å². The lowest BCUT2D eigenvalue weighted by Gasteiger charge is -2.08. The number of rotatable bonds is 4. The highest BCUT2D eigenvalue weighted by molar-refractivity contribution is 6.33. The Balaban J connectivity index is 2.11. The molecule has 0 fully saturated rings. The van der Waals surface area contributed by atoms with Crippen LogP contribution in [0.3, 0.4) is 0 Å². The maximum Gasteiger partial charge on any atom is 0.0671 e. The van der Waals surface area contributed by atoms with Crippen LogP contribution in [0.2, 0.25) is 5.02 Å². The third-order valence-electron chi connectivity index (χ3n) is 2.79. The van der Waals surface area contributed by atoms with Crippen LogP contribution in [0.5, 0.6) is 0 Å². The zero-order valence-corrected chi connectivity index (χ0v) is 11.3. The molecule has 2 aromatic rings. The van der Waals surface area contributed by atoms with E-state index in [9.17, 15) is 0 Å². The van der Waals surface area contributed by atoms with Gasteiger partial charge in [0.05, 0.1) is 16.4 Å². The average molecular weight is 265 g/mol. The van der Waals surface area contributed by atoms with E-state index in [4.69, 9.17) is 17.3 Å². The first-order valence-corrected chi connectivity index (χ1v) is 6.28. The molecule has 1 aromatic carbocycles. The molecule has 0 aliphatic heterocycles. The number of anilines is 2. The molecule has 0 saturated carbocycles. The van der Waals surface area contributed by atoms with Gasteiger partial charge in [-0.2, -0.15) is 5.10 Å². The SMILES string of the molecule is CCc1nn(C)cc1CNc1ccc(N)cc1Cl. The Morgan fingerprint density at radius 1 is 1.44 bits per heavy atom. The molecule has 3 N–H and O–H groups in total. The fourth-order valence-corrected chi connectivity index (χ4v) is 2.15. The van der Waals surface area contributed by atoms with E-state index in [1.54, 1.807) is 6.07 Å². The molecule has 18 heavy (non-hydrogen) atoms. The molecule has 5 heteroatoms. The molecule has 0 spiro atoms. The number of aromatic nitrogens is 2. The standard InChI is InChI=1S/C13H17ClN4/c1-3-12-9(8-18(2)17-12)7-16-13-5-4-10(15)6-11(13)14/h4-6,8,16H,3,7,15H2,1-2H3. The number of hydrogen-bond donors (Lipinski definition) is 2. The number of nitrogens with zero attached hydrogens (tertiary/aromatic N) is 2. The number of halogens is 1. The first-order chi connectivity index (χ1) is 8.60. The fourth-order valence-electron chi connectivity index (χ4n) is 1.89. The van der Waals surface area contributed by atoms with Gasteiger partial charge >= 0.3 is 0 Å². The zero-order chi connectivity index (χ0) is 13.1. The minimum atomic E-state index is 0.636. The number of aryl methyl sites for hydroxylation is 2. The Morgan fingerprint density at radius 2 is 2.22 bits per heavy atom. The van der Waals surface area contributed by atoms with Crippen LogP contribution in [0, 0.1) is 0 Å². The molecule has 4 nitrogen and oxygen atoms in total. The predicted molar refractivity (Wildman–Crippen MR) is 75.8 cm³/mol. The van der Waals surface area contributed by atoms with Gasteiger partial charge in [0.2, 0.25) is 0 Å². The molecular weight excluding hydrogens is 248 g/mol. The molecular formula is C13H17ClN4. The van der Waals surface area contributed by atoms with Gasteiger partial charge in [-0.15, -0.1) is 0 Å². The molecule has 2 rings (SSSR count). The molecule has 1 aromatic heterocycles. The van der Waals surface area contributed by atoms with E-state index in [0.29, 0.717) is 17.3 Å². The smallest absolute Gasteiger partial charge is 0.0671 e. The summed E-state index contributed by atoms with van der Waals surface area (Å²) in [6.45, 7) is 2.81. The Labute approximate surface area is 112 Å². The van der Waals surface area contributed by atoms with Crippen LogP contribution < -0.4 is 11.1 Å². The quantitative estimate of drug-likeness (QED) is 0.835. The van der Waals surface area contributed by atoms with Gasteiger partial charge in [0, 0.05) is 31.0 Å². The molecule has 0 unspecified atom stereocenters. The van der Waals surface area contributed by atoms with Crippen LogP contribution in [-0.2, 0) is 20.0 Å². The van der Waals surface area contributed by atoms with Crippen molar-refractivity contribution in [1.29, 1.82) is 0 Å². The summed E-state index contributed by atoms with van der Waals surface area (Å²) >= 11 is 6.11. The molecule has 0 aliphatic carbocycles. The first-order valence-electron chi connectivity index (χ1n) is 5.90. The molecule has 96 valence electrons. The highest BCUT2D eigenvalue weighted by atomic mass is 35.5. The van der Waals surface area contributed by atoms with Gasteiger partial charge < -0.3 is 11.1 Å². The van der Waals surface area contributed by atoms with E-state index < -0.39 is 0 Å². The summed E-state index contributed by atoms with van der Waals surface area (Å²) in [4.78, 5) is 0. The third-order valence-corrected chi connectivity index (χ3v) is 3.10. The normalized spacial score (nSPS) is 10.6. The van der Waals surface area contributed by atoms with Crippen molar-refractivity contribution in [1.82, 2.24) is 9.78 Å². The van der Waals surface area contributed by atoms with Crippen LogP contribution in [0.15, 0.2) is 24.4 Å². The van der Waals surface area contributed by atoms with E-state index in [1.807, 2.05) is 30.1 Å². The highest BCUT2D eigenvalue weighted by Gasteiger charge is 2.06. The van der Waals surface area contributed by atoms with E-state index in [1.165, 1.54) is 5.56 Å². The van der Waals surface area contributed by atoms with Gasteiger partial charge in [-0.1, -0.05) is 18.5 Å². The molecule has 0 amide bonds. The van der Waals surface area contributed by atoms with Gasteiger partial charge in [-0.3, -0.25) is 4.68 Å². The molecule has 0 atom stereocenters. The summed E-state index contributed by atoms with van der Waals surface area (Å²) in [6, 6.07) is 5.46. The minimum absolute atomic E-state index is 0.636. The molecule has 0 aliphatic rings. The van der Waals surface area contributed by atoms with Crippen LogP contribution in [0.1, 0.15) is 18.2 Å². The highest BCUT2D eigenvalue weighted by Crippen LogP contribution is 2.24. The predicted octanol–water partition coefficient (Wildman–Crippen LogP) is 2.83. The fraction of sp³-hybridized carbons (Fsp3) is 0.308. The maximum atomic E-state index is 6.11. The second-order valence-corrected chi connectivity index (χ2v) is 4.63. The number of nitrogen functional groups attached to an aromatic ring is 1. The lowest BCUT2D eigenvalue weighted by Crippen LogP contribution is -2.01. The van der Waals surface area contributed by atoms with E-state index in [2.05, 4.69) is 17.3 Å². The number of benzene rings is 1. The summed E-state index contributed by atoms with van der Waals surface area (Å²) in [5.74, 6) is 0. The summed E-state index contributed by atoms with van der Waals surface area (Å²) in [5, 5.41) is 8.34. The van der Waals surface area contributed by atoms with Crippen molar-refractivity contribution in [3.63, 3.8) is 0 Å². The van der Waals surface area contributed by atoms with Gasteiger partial charge in [0.1, 0.15) is 0 Å². The van der Waals surface area contributed by atoms with Crippen molar-refractivity contribution in [2.24, 2.45) is 7.05 Å². The summed E-state index contributed by atoms with van der Waals surface area (Å²) in [7, 11) is 1.93. The largest absolute Gasteiger partial charge is 0.399 e. The minimum Gasteiger partial charge on any atom is -0.399 e. The molecule has 1 heterocycles. The van der Waals surface area contributed by atoms with Gasteiger partial charge in [0.25, 0.3) is 0 Å². The van der Waals surface area contributed by atoms with Crippen molar-refractivity contribution in [3.05, 3.63) is 40.7 Å². The summed E-state index contributed by atoms with van der Waals surface area (Å²) in [5.41, 5.74) is 9.51. The lowest BCUT2D eigenvalue weighted by atomic mass is 10.2. The maximum absolute atomic E-state index is 6.11. The summed E-state index contributed by atoms with van der Waals surface area (Å²) < 4.78 is 1.83. The second-order valence-electron chi connectivity index (χ2n) is 4.22. The van der Waals surface area contributed by atoms with E-state index in [-0.39, 0.29) is 0 Å². The van der Waals surface area contributed by atoms with Crippen molar-refractivity contribution in [2.45, 2.75) is 19.9 Å². The Bertz CT molecular complexity index is 548. The van der Waals surface area contributed by atoms with Crippen LogP contribution in [-0.4, -0.2) is 9.78 Å². The van der Waals surface area contributed by atoms with E-state index >= 15 is 0 Å². The van der Waals surface area contributed by atoms with Crippen molar-refractivity contribution >= 4 is 23.0 Å². The van der Waals surface area contributed by atoms with Crippen molar-refractivity contribution in [2.75, 3.05) is 11.1 Å². The topological polar surface area (TPSA) is 55.9 Å². The second kappa shape index (κ2) is 5.31. The van der Waals surface area contributed by atoms with E-state index in [0.717, 1.165) is 17.8 Å². The first kappa shape index (κ1) is 12.8. The van der Waals surface area contributed by atoms with Crippen LogP contribution >= 0.6 is 11.6 Å². The lowest BCUT2D eigenvalue weighted by molar-refractivity contribution is 0.746. The Morgan fingerprint density at radius 3 is 2.89 bits per heavy atom. The monoisotopic (exact) mass is 264 g/mol. The Kier molecular flexibility index (Phi) is 3.77. The average Bonchev–Trinajstić information content (AvgIpc) is 2.68.